The zero-order chi connectivity index (χ0) is 39.5. The Morgan fingerprint density at radius 2 is 1.79 bits per heavy atom. The molecule has 3 aliphatic rings. The van der Waals surface area contributed by atoms with Gasteiger partial charge in [-0.2, -0.15) is 5.26 Å². The van der Waals surface area contributed by atoms with Crippen molar-refractivity contribution in [3.63, 3.8) is 0 Å². The Morgan fingerprint density at radius 1 is 1.00 bits per heavy atom. The minimum atomic E-state index is -2.94. The molecular formula is C41H34Cl2F2N8O4. The molecule has 12 nitrogen and oxygen atoms in total. The molecule has 3 aromatic heterocycles. The number of β-amino-alcohol motifs (C(OH)–C–C–N with tert-alkyl or cyclic N) is 1. The lowest BCUT2D eigenvalue weighted by atomic mass is 10.0. The van der Waals surface area contributed by atoms with Gasteiger partial charge in [-0.3, -0.25) is 19.6 Å². The Bertz CT molecular complexity index is 2630. The predicted molar refractivity (Wildman–Crippen MR) is 209 cm³/mol. The van der Waals surface area contributed by atoms with Crippen molar-refractivity contribution in [1.29, 1.82) is 5.26 Å². The number of aliphatic hydroxyl groups is 1. The van der Waals surface area contributed by atoms with Gasteiger partial charge in [0.15, 0.2) is 17.2 Å². The molecule has 3 atom stereocenters. The smallest absolute Gasteiger partial charge is 0.307 e. The van der Waals surface area contributed by atoms with Gasteiger partial charge in [0, 0.05) is 49.5 Å². The summed E-state index contributed by atoms with van der Waals surface area (Å²) < 4.78 is 34.4. The van der Waals surface area contributed by atoms with E-state index in [4.69, 9.17) is 32.6 Å². The zero-order valence-corrected chi connectivity index (χ0v) is 31.7. The van der Waals surface area contributed by atoms with Gasteiger partial charge >= 0.3 is 5.97 Å². The van der Waals surface area contributed by atoms with E-state index in [-0.39, 0.29) is 38.8 Å². The summed E-state index contributed by atoms with van der Waals surface area (Å²) in [6.07, 6.45) is 1.01. The highest BCUT2D eigenvalue weighted by atomic mass is 35.5. The van der Waals surface area contributed by atoms with Crippen LogP contribution in [0.5, 0.6) is 0 Å². The molecule has 0 spiro atoms. The molecule has 9 rings (SSSR count). The molecule has 2 saturated heterocycles. The minimum Gasteiger partial charge on any atom is -0.481 e. The molecule has 5 heterocycles. The van der Waals surface area contributed by atoms with E-state index in [2.05, 4.69) is 36.1 Å². The van der Waals surface area contributed by atoms with Crippen LogP contribution in [-0.4, -0.2) is 78.2 Å². The van der Waals surface area contributed by atoms with Crippen LogP contribution in [0.3, 0.4) is 0 Å². The van der Waals surface area contributed by atoms with Gasteiger partial charge in [0.2, 0.25) is 5.89 Å². The molecule has 0 bridgehead atoms. The lowest BCUT2D eigenvalue weighted by Gasteiger charge is -2.24. The van der Waals surface area contributed by atoms with Crippen LogP contribution in [0, 0.1) is 17.2 Å². The molecule has 6 aromatic rings. The summed E-state index contributed by atoms with van der Waals surface area (Å²) in [6.45, 7) is 2.86. The van der Waals surface area contributed by atoms with Gasteiger partial charge in [0.1, 0.15) is 22.7 Å². The topological polar surface area (TPSA) is 165 Å². The number of likely N-dealkylation sites (tertiary alicyclic amines) is 2. The Kier molecular flexibility index (Phi) is 9.74. The molecule has 0 unspecified atom stereocenters. The number of rotatable bonds is 9. The zero-order valence-electron chi connectivity index (χ0n) is 30.2. The van der Waals surface area contributed by atoms with Crippen LogP contribution in [0.25, 0.3) is 44.7 Å². The number of benzene rings is 3. The summed E-state index contributed by atoms with van der Waals surface area (Å²) in [7, 11) is 0. The first-order valence-electron chi connectivity index (χ1n) is 18.6. The SMILES string of the molecule is N#Cc1c2c(cc3nc(-c4cccc(-c5cccc(Nc6nc(C(F)F)nc7cc(CN8CC[C@@H](O)C8)cnc67)c5Cl)c4Cl)oc13)[C@H](N1CC[C@@H](C(=O)O)C1)CC2. The lowest BCUT2D eigenvalue weighted by molar-refractivity contribution is -0.141. The van der Waals surface area contributed by atoms with E-state index in [1.807, 2.05) is 6.07 Å². The van der Waals surface area contributed by atoms with Crippen molar-refractivity contribution in [3.8, 4) is 28.7 Å². The van der Waals surface area contributed by atoms with Crippen molar-refractivity contribution in [2.75, 3.05) is 31.5 Å². The van der Waals surface area contributed by atoms with Crippen molar-refractivity contribution >= 4 is 62.8 Å². The van der Waals surface area contributed by atoms with Gasteiger partial charge in [-0.05, 0) is 73.2 Å². The first-order valence-corrected chi connectivity index (χ1v) is 19.3. The van der Waals surface area contributed by atoms with E-state index in [1.165, 1.54) is 0 Å². The number of carbonyl (C=O) groups is 1. The van der Waals surface area contributed by atoms with E-state index in [0.29, 0.717) is 84.5 Å². The highest BCUT2D eigenvalue weighted by molar-refractivity contribution is 6.39. The van der Waals surface area contributed by atoms with Crippen molar-refractivity contribution in [1.82, 2.24) is 29.7 Å². The lowest BCUT2D eigenvalue weighted by Crippen LogP contribution is -2.26. The van der Waals surface area contributed by atoms with Crippen LogP contribution in [0.15, 0.2) is 59.1 Å². The number of aliphatic carboxylic acids is 1. The van der Waals surface area contributed by atoms with Gasteiger partial charge < -0.3 is 19.9 Å². The van der Waals surface area contributed by atoms with Crippen LogP contribution < -0.4 is 5.32 Å². The summed E-state index contributed by atoms with van der Waals surface area (Å²) in [5.74, 6) is -1.60. The molecule has 57 heavy (non-hydrogen) atoms. The average Bonchev–Trinajstić information content (AvgIpc) is 4.02. The largest absolute Gasteiger partial charge is 0.481 e. The molecule has 3 N–H and O–H groups in total. The van der Waals surface area contributed by atoms with Crippen LogP contribution in [-0.2, 0) is 17.8 Å². The third-order valence-electron chi connectivity index (χ3n) is 11.2. The van der Waals surface area contributed by atoms with Crippen molar-refractivity contribution in [3.05, 3.63) is 92.9 Å². The molecule has 16 heteroatoms. The van der Waals surface area contributed by atoms with Crippen molar-refractivity contribution in [2.45, 2.75) is 50.8 Å². The molecule has 2 fully saturated rings. The molecule has 0 radical (unpaired) electrons. The van der Waals surface area contributed by atoms with Crippen LogP contribution in [0.2, 0.25) is 10.0 Å². The van der Waals surface area contributed by atoms with Crippen LogP contribution >= 0.6 is 23.2 Å². The van der Waals surface area contributed by atoms with Crippen molar-refractivity contribution in [2.24, 2.45) is 5.92 Å². The number of carboxylic acid groups (broad SMARTS) is 1. The normalized spacial score (nSPS) is 19.8. The number of nitrogens with zero attached hydrogens (tertiary/aromatic N) is 7. The standard InChI is InChI=1S/C41H34Cl2F2N8O4/c42-33-24(3-1-5-26(33)40-50-31-14-27-23(28(15-46)36(31)57-40)7-8-32(27)53-12-9-21(18-53)41(55)56)25-4-2-6-29(34(25)43)48-38-35-30(49-39(51-38)37(44)45)13-20(16-47-35)17-52-11-10-22(54)19-52/h1-6,13-14,16,21-22,32,37,54H,7-12,17-19H2,(H,55,56)(H,48,49,51)/t21-,22-,32-/m1/s1. The third-order valence-corrected chi connectivity index (χ3v) is 12.0. The maximum atomic E-state index is 14.1. The number of aliphatic hydroxyl groups excluding tert-OH is 1. The summed E-state index contributed by atoms with van der Waals surface area (Å²) in [6, 6.07) is 16.5. The van der Waals surface area contributed by atoms with Crippen LogP contribution in [0.4, 0.5) is 20.3 Å². The minimum absolute atomic E-state index is 0.0119. The average molecular weight is 812 g/mol. The van der Waals surface area contributed by atoms with E-state index in [9.17, 15) is 29.1 Å². The molecule has 1 aliphatic carbocycles. The quantitative estimate of drug-likeness (QED) is 0.128. The number of halogens is 4. The molecule has 290 valence electrons. The predicted octanol–water partition coefficient (Wildman–Crippen LogP) is 8.32. The van der Waals surface area contributed by atoms with Crippen LogP contribution in [0.1, 0.15) is 59.8 Å². The number of fused-ring (bicyclic) bond motifs is 3. The number of nitrogens with one attached hydrogen (secondary N) is 1. The maximum absolute atomic E-state index is 14.1. The number of carboxylic acids is 1. The Balaban J connectivity index is 1.04. The van der Waals surface area contributed by atoms with E-state index < -0.39 is 30.2 Å². The summed E-state index contributed by atoms with van der Waals surface area (Å²) >= 11 is 14.1. The molecule has 0 saturated carbocycles. The fourth-order valence-electron chi connectivity index (χ4n) is 8.45. The summed E-state index contributed by atoms with van der Waals surface area (Å²) in [5, 5.41) is 33.4. The Labute approximate surface area is 334 Å². The Hall–Kier alpha value is -5.30. The Morgan fingerprint density at radius 3 is 2.53 bits per heavy atom. The number of oxazole rings is 1. The summed E-state index contributed by atoms with van der Waals surface area (Å²) in [4.78, 5) is 33.5. The number of aromatic nitrogens is 4. The summed E-state index contributed by atoms with van der Waals surface area (Å²) in [5.41, 5.74) is 6.34. The second-order valence-corrected chi connectivity index (χ2v) is 15.5. The fourth-order valence-corrected chi connectivity index (χ4v) is 9.03. The number of alkyl halides is 2. The van der Waals surface area contributed by atoms with Gasteiger partial charge in [-0.15, -0.1) is 0 Å². The van der Waals surface area contributed by atoms with Gasteiger partial charge in [0.05, 0.1) is 38.8 Å². The number of hydrogen-bond acceptors (Lipinski definition) is 11. The number of nitriles is 1. The van der Waals surface area contributed by atoms with Gasteiger partial charge in [-0.25, -0.2) is 23.7 Å². The number of anilines is 2. The van der Waals surface area contributed by atoms with Crippen molar-refractivity contribution < 1.29 is 28.2 Å². The second-order valence-electron chi connectivity index (χ2n) is 14.8. The highest BCUT2D eigenvalue weighted by Gasteiger charge is 2.38. The first kappa shape index (κ1) is 37.3. The number of hydrogen-bond donors (Lipinski definition) is 3. The first-order chi connectivity index (χ1) is 27.6. The molecule has 2 aliphatic heterocycles. The van der Waals surface area contributed by atoms with E-state index >= 15 is 0 Å². The second kappa shape index (κ2) is 14.9. The van der Waals surface area contributed by atoms with Gasteiger partial charge in [0.25, 0.3) is 6.43 Å². The van der Waals surface area contributed by atoms with E-state index in [0.717, 1.165) is 29.7 Å². The van der Waals surface area contributed by atoms with E-state index in [1.54, 1.807) is 48.7 Å². The fraction of sp³-hybridized carbons (Fsp3) is 0.317. The molecule has 0 amide bonds. The van der Waals surface area contributed by atoms with Gasteiger partial charge in [-0.1, -0.05) is 47.5 Å². The molecular weight excluding hydrogens is 777 g/mol. The monoisotopic (exact) mass is 810 g/mol. The number of pyridine rings is 1. The third kappa shape index (κ3) is 6.83. The molecule has 3 aromatic carbocycles. The highest BCUT2D eigenvalue weighted by Crippen LogP contribution is 2.45. The maximum Gasteiger partial charge on any atom is 0.307 e.